The molecule has 90 valence electrons. The lowest BCUT2D eigenvalue weighted by Gasteiger charge is -2.07. The van der Waals surface area contributed by atoms with Crippen molar-refractivity contribution in [2.24, 2.45) is 0 Å². The number of carbonyl (C=O) groups is 1. The second-order valence-electron chi connectivity index (χ2n) is 3.05. The summed E-state index contributed by atoms with van der Waals surface area (Å²) in [6.45, 7) is 1.74. The number of rotatable bonds is 5. The van der Waals surface area contributed by atoms with Gasteiger partial charge in [0.25, 0.3) is 0 Å². The standard InChI is InChI=1S/C12H13NO4/c1-3-5-17-10-6-9(8-14)13-11(7-10)12(15)16-4-2/h1,6-7,14H,4-5,8H2,2H3. The maximum absolute atomic E-state index is 11.5. The fourth-order valence-corrected chi connectivity index (χ4v) is 1.16. The van der Waals surface area contributed by atoms with Crippen LogP contribution in [0.1, 0.15) is 23.1 Å². The molecule has 5 nitrogen and oxygen atoms in total. The average molecular weight is 235 g/mol. The Labute approximate surface area is 99.4 Å². The van der Waals surface area contributed by atoms with E-state index < -0.39 is 5.97 Å². The van der Waals surface area contributed by atoms with Crippen LogP contribution in [0.5, 0.6) is 5.75 Å². The Morgan fingerprint density at radius 1 is 1.59 bits per heavy atom. The molecule has 0 bridgehead atoms. The fraction of sp³-hybridized carbons (Fsp3) is 0.333. The zero-order chi connectivity index (χ0) is 12.7. The highest BCUT2D eigenvalue weighted by Crippen LogP contribution is 2.15. The van der Waals surface area contributed by atoms with Crippen LogP contribution in [0.15, 0.2) is 12.1 Å². The van der Waals surface area contributed by atoms with Crippen molar-refractivity contribution in [1.82, 2.24) is 4.98 Å². The normalized spacial score (nSPS) is 9.47. The third kappa shape index (κ3) is 3.78. The van der Waals surface area contributed by atoms with E-state index in [9.17, 15) is 4.79 Å². The first-order chi connectivity index (χ1) is 8.21. The van der Waals surface area contributed by atoms with E-state index >= 15 is 0 Å². The first-order valence-electron chi connectivity index (χ1n) is 5.06. The smallest absolute Gasteiger partial charge is 0.357 e. The van der Waals surface area contributed by atoms with E-state index in [1.165, 1.54) is 12.1 Å². The molecule has 1 N–H and O–H groups in total. The maximum Gasteiger partial charge on any atom is 0.357 e. The molecule has 0 aliphatic carbocycles. The van der Waals surface area contributed by atoms with E-state index in [1.807, 2.05) is 0 Å². The number of aliphatic hydroxyl groups excluding tert-OH is 1. The van der Waals surface area contributed by atoms with Crippen molar-refractivity contribution in [3.8, 4) is 18.1 Å². The van der Waals surface area contributed by atoms with Gasteiger partial charge in [-0.3, -0.25) is 0 Å². The van der Waals surface area contributed by atoms with Gasteiger partial charge in [0.05, 0.1) is 18.9 Å². The monoisotopic (exact) mass is 235 g/mol. The van der Waals surface area contributed by atoms with E-state index in [1.54, 1.807) is 6.92 Å². The van der Waals surface area contributed by atoms with E-state index in [0.29, 0.717) is 11.4 Å². The van der Waals surface area contributed by atoms with Crippen LogP contribution in [0.2, 0.25) is 0 Å². The number of pyridine rings is 1. The molecule has 0 aliphatic heterocycles. The third-order valence-electron chi connectivity index (χ3n) is 1.82. The summed E-state index contributed by atoms with van der Waals surface area (Å²) in [4.78, 5) is 15.4. The van der Waals surface area contributed by atoms with Gasteiger partial charge in [-0.15, -0.1) is 6.42 Å². The van der Waals surface area contributed by atoms with Crippen LogP contribution in [-0.2, 0) is 11.3 Å². The molecule has 0 saturated heterocycles. The molecule has 17 heavy (non-hydrogen) atoms. The van der Waals surface area contributed by atoms with Gasteiger partial charge in [0.15, 0.2) is 5.69 Å². The molecule has 1 rings (SSSR count). The molecule has 0 unspecified atom stereocenters. The number of aliphatic hydroxyl groups is 1. The van der Waals surface area contributed by atoms with Gasteiger partial charge in [-0.2, -0.15) is 0 Å². The Balaban J connectivity index is 2.97. The molecule has 1 heterocycles. The average Bonchev–Trinajstić information content (AvgIpc) is 2.36. The molecule has 0 saturated carbocycles. The molecule has 5 heteroatoms. The predicted molar refractivity (Wildman–Crippen MR) is 60.4 cm³/mol. The first kappa shape index (κ1) is 13.0. The summed E-state index contributed by atoms with van der Waals surface area (Å²) in [6.07, 6.45) is 5.06. The van der Waals surface area contributed by atoms with E-state index in [-0.39, 0.29) is 25.5 Å². The van der Waals surface area contributed by atoms with Crippen LogP contribution in [0.3, 0.4) is 0 Å². The van der Waals surface area contributed by atoms with Gasteiger partial charge in [0, 0.05) is 12.1 Å². The van der Waals surface area contributed by atoms with Gasteiger partial charge >= 0.3 is 5.97 Å². The number of hydrogen-bond acceptors (Lipinski definition) is 5. The second kappa shape index (κ2) is 6.51. The topological polar surface area (TPSA) is 68.7 Å². The quantitative estimate of drug-likeness (QED) is 0.603. The summed E-state index contributed by atoms with van der Waals surface area (Å²) in [5, 5.41) is 9.01. The molecular weight excluding hydrogens is 222 g/mol. The Morgan fingerprint density at radius 3 is 2.94 bits per heavy atom. The largest absolute Gasteiger partial charge is 0.481 e. The van der Waals surface area contributed by atoms with Gasteiger partial charge in [-0.05, 0) is 6.92 Å². The Morgan fingerprint density at radius 2 is 2.35 bits per heavy atom. The van der Waals surface area contributed by atoms with Gasteiger partial charge in [0.2, 0.25) is 0 Å². The minimum absolute atomic E-state index is 0.0805. The number of terminal acetylenes is 1. The minimum atomic E-state index is -0.562. The third-order valence-corrected chi connectivity index (χ3v) is 1.82. The SMILES string of the molecule is C#CCOc1cc(CO)nc(C(=O)OCC)c1. The highest BCUT2D eigenvalue weighted by Gasteiger charge is 2.11. The molecule has 1 aromatic rings. The highest BCUT2D eigenvalue weighted by molar-refractivity contribution is 5.87. The second-order valence-corrected chi connectivity index (χ2v) is 3.05. The molecule has 1 aromatic heterocycles. The van der Waals surface area contributed by atoms with Gasteiger partial charge < -0.3 is 14.6 Å². The Bertz CT molecular complexity index is 437. The molecule has 0 amide bonds. The molecule has 0 atom stereocenters. The van der Waals surface area contributed by atoms with Gasteiger partial charge in [-0.1, -0.05) is 5.92 Å². The van der Waals surface area contributed by atoms with Crippen molar-refractivity contribution in [3.05, 3.63) is 23.5 Å². The van der Waals surface area contributed by atoms with Crippen molar-refractivity contribution in [2.75, 3.05) is 13.2 Å². The van der Waals surface area contributed by atoms with Crippen LogP contribution in [0.25, 0.3) is 0 Å². The minimum Gasteiger partial charge on any atom is -0.481 e. The summed E-state index contributed by atoms with van der Waals surface area (Å²) in [5.41, 5.74) is 0.410. The van der Waals surface area contributed by atoms with Crippen molar-refractivity contribution >= 4 is 5.97 Å². The van der Waals surface area contributed by atoms with E-state index in [2.05, 4.69) is 10.9 Å². The molecule has 0 radical (unpaired) electrons. The Kier molecular flexibility index (Phi) is 4.98. The molecular formula is C12H13NO4. The number of esters is 1. The summed E-state index contributed by atoms with van der Waals surface area (Å²) in [6, 6.07) is 2.94. The van der Waals surface area contributed by atoms with Crippen molar-refractivity contribution in [3.63, 3.8) is 0 Å². The number of aromatic nitrogens is 1. The lowest BCUT2D eigenvalue weighted by atomic mass is 10.3. The summed E-state index contributed by atoms with van der Waals surface area (Å²) in [5.74, 6) is 2.12. The first-order valence-corrected chi connectivity index (χ1v) is 5.06. The zero-order valence-electron chi connectivity index (χ0n) is 9.47. The van der Waals surface area contributed by atoms with E-state index in [0.717, 1.165) is 0 Å². The maximum atomic E-state index is 11.5. The van der Waals surface area contributed by atoms with E-state index in [4.69, 9.17) is 21.0 Å². The summed E-state index contributed by atoms with van der Waals surface area (Å²) in [7, 11) is 0. The lowest BCUT2D eigenvalue weighted by molar-refractivity contribution is 0.0518. The summed E-state index contributed by atoms with van der Waals surface area (Å²) >= 11 is 0. The van der Waals surface area contributed by atoms with Crippen LogP contribution in [-0.4, -0.2) is 29.3 Å². The van der Waals surface area contributed by atoms with Gasteiger partial charge in [0.1, 0.15) is 12.4 Å². The zero-order valence-corrected chi connectivity index (χ0v) is 9.47. The van der Waals surface area contributed by atoms with Crippen LogP contribution >= 0.6 is 0 Å². The molecule has 0 spiro atoms. The number of nitrogens with zero attached hydrogens (tertiary/aromatic N) is 1. The molecule has 0 fully saturated rings. The predicted octanol–water partition coefficient (Wildman–Crippen LogP) is 0.763. The number of carbonyl (C=O) groups excluding carboxylic acids is 1. The molecule has 0 aromatic carbocycles. The van der Waals surface area contributed by atoms with Crippen LogP contribution < -0.4 is 4.74 Å². The van der Waals surface area contributed by atoms with Gasteiger partial charge in [-0.25, -0.2) is 9.78 Å². The Hall–Kier alpha value is -2.06. The molecule has 0 aliphatic rings. The van der Waals surface area contributed by atoms with Crippen molar-refractivity contribution in [1.29, 1.82) is 0 Å². The summed E-state index contributed by atoms with van der Waals surface area (Å²) < 4.78 is 9.98. The van der Waals surface area contributed by atoms with Crippen LogP contribution in [0.4, 0.5) is 0 Å². The fourth-order valence-electron chi connectivity index (χ4n) is 1.16. The number of hydrogen-bond donors (Lipinski definition) is 1. The number of ether oxygens (including phenoxy) is 2. The van der Waals surface area contributed by atoms with Crippen LogP contribution in [0, 0.1) is 12.3 Å². The highest BCUT2D eigenvalue weighted by atomic mass is 16.5. The van der Waals surface area contributed by atoms with Crippen molar-refractivity contribution in [2.45, 2.75) is 13.5 Å². The van der Waals surface area contributed by atoms with Crippen molar-refractivity contribution < 1.29 is 19.4 Å². The lowest BCUT2D eigenvalue weighted by Crippen LogP contribution is -2.09.